The standard InChI is InChI=1S/C20H22N2O5/c1-20(19(25)26)9-10-22(13-20)18(24)15(12-14-6-3-2-4-7-14)21-17(23)16-8-5-11-27-16/h2-8,11,15H,9-10,12-13H2,1H3,(H,21,23)(H,25,26). The van der Waals surface area contributed by atoms with Gasteiger partial charge in [0.1, 0.15) is 6.04 Å². The van der Waals surface area contributed by atoms with Crippen molar-refractivity contribution in [1.82, 2.24) is 10.2 Å². The van der Waals surface area contributed by atoms with Gasteiger partial charge in [0.25, 0.3) is 5.91 Å². The molecule has 142 valence electrons. The number of aliphatic carboxylic acids is 1. The normalized spacial score (nSPS) is 20.3. The molecule has 0 radical (unpaired) electrons. The van der Waals surface area contributed by atoms with Gasteiger partial charge in [-0.2, -0.15) is 0 Å². The van der Waals surface area contributed by atoms with Gasteiger partial charge in [-0.3, -0.25) is 14.4 Å². The summed E-state index contributed by atoms with van der Waals surface area (Å²) in [4.78, 5) is 38.4. The van der Waals surface area contributed by atoms with Crippen molar-refractivity contribution in [3.63, 3.8) is 0 Å². The van der Waals surface area contributed by atoms with E-state index in [4.69, 9.17) is 4.42 Å². The number of nitrogens with one attached hydrogen (secondary N) is 1. The summed E-state index contributed by atoms with van der Waals surface area (Å²) in [5.74, 6) is -1.56. The highest BCUT2D eigenvalue weighted by atomic mass is 16.4. The second-order valence-corrected chi connectivity index (χ2v) is 7.07. The van der Waals surface area contributed by atoms with Gasteiger partial charge in [0.2, 0.25) is 5.91 Å². The first-order valence-corrected chi connectivity index (χ1v) is 8.79. The molecule has 7 heteroatoms. The molecular weight excluding hydrogens is 348 g/mol. The lowest BCUT2D eigenvalue weighted by molar-refractivity contribution is -0.147. The summed E-state index contributed by atoms with van der Waals surface area (Å²) >= 11 is 0. The molecular formula is C20H22N2O5. The van der Waals surface area contributed by atoms with Crippen LogP contribution in [-0.2, 0) is 16.0 Å². The molecule has 2 N–H and O–H groups in total. The molecule has 1 fully saturated rings. The summed E-state index contributed by atoms with van der Waals surface area (Å²) in [6, 6.07) is 11.7. The van der Waals surface area contributed by atoms with Gasteiger partial charge < -0.3 is 19.7 Å². The molecule has 3 rings (SSSR count). The van der Waals surface area contributed by atoms with Crippen LogP contribution in [0.25, 0.3) is 0 Å². The topological polar surface area (TPSA) is 99.9 Å². The van der Waals surface area contributed by atoms with Gasteiger partial charge in [-0.15, -0.1) is 0 Å². The summed E-state index contributed by atoms with van der Waals surface area (Å²) in [5, 5.41) is 12.1. The Labute approximate surface area is 157 Å². The van der Waals surface area contributed by atoms with Gasteiger partial charge >= 0.3 is 5.97 Å². The SMILES string of the molecule is CC1(C(=O)O)CCN(C(=O)C(Cc2ccccc2)NC(=O)c2ccco2)C1. The summed E-state index contributed by atoms with van der Waals surface area (Å²) in [7, 11) is 0. The Hall–Kier alpha value is -3.09. The number of likely N-dealkylation sites (tertiary alicyclic amines) is 1. The lowest BCUT2D eigenvalue weighted by atomic mass is 9.90. The van der Waals surface area contributed by atoms with E-state index in [-0.39, 0.29) is 18.2 Å². The third kappa shape index (κ3) is 4.19. The van der Waals surface area contributed by atoms with E-state index in [1.807, 2.05) is 30.3 Å². The van der Waals surface area contributed by atoms with Crippen LogP contribution in [0, 0.1) is 5.41 Å². The number of hydrogen-bond acceptors (Lipinski definition) is 4. The van der Waals surface area contributed by atoms with Crippen molar-refractivity contribution >= 4 is 17.8 Å². The predicted octanol–water partition coefficient (Wildman–Crippen LogP) is 1.94. The van der Waals surface area contributed by atoms with Gasteiger partial charge in [0.15, 0.2) is 5.76 Å². The summed E-state index contributed by atoms with van der Waals surface area (Å²) < 4.78 is 5.10. The Balaban J connectivity index is 1.77. The minimum absolute atomic E-state index is 0.123. The fraction of sp³-hybridized carbons (Fsp3) is 0.350. The number of carbonyl (C=O) groups excluding carboxylic acids is 2. The molecule has 1 aromatic carbocycles. The maximum atomic E-state index is 13.1. The number of benzene rings is 1. The number of carboxylic acid groups (broad SMARTS) is 1. The zero-order valence-electron chi connectivity index (χ0n) is 15.1. The molecule has 27 heavy (non-hydrogen) atoms. The van der Waals surface area contributed by atoms with Crippen LogP contribution >= 0.6 is 0 Å². The molecule has 2 heterocycles. The van der Waals surface area contributed by atoms with E-state index in [2.05, 4.69) is 5.32 Å². The van der Waals surface area contributed by atoms with Crippen LogP contribution in [0.5, 0.6) is 0 Å². The molecule has 7 nitrogen and oxygen atoms in total. The zero-order chi connectivity index (χ0) is 19.4. The number of hydrogen-bond donors (Lipinski definition) is 2. The molecule has 1 aromatic heterocycles. The van der Waals surface area contributed by atoms with E-state index in [9.17, 15) is 19.5 Å². The van der Waals surface area contributed by atoms with E-state index >= 15 is 0 Å². The Morgan fingerprint density at radius 2 is 1.96 bits per heavy atom. The van der Waals surface area contributed by atoms with Crippen LogP contribution in [-0.4, -0.2) is 46.9 Å². The fourth-order valence-electron chi connectivity index (χ4n) is 3.23. The Morgan fingerprint density at radius 3 is 2.56 bits per heavy atom. The van der Waals surface area contributed by atoms with Gasteiger partial charge in [-0.1, -0.05) is 30.3 Å². The maximum Gasteiger partial charge on any atom is 0.311 e. The molecule has 0 saturated carbocycles. The minimum Gasteiger partial charge on any atom is -0.481 e. The average molecular weight is 370 g/mol. The monoisotopic (exact) mass is 370 g/mol. The quantitative estimate of drug-likeness (QED) is 0.809. The third-order valence-electron chi connectivity index (χ3n) is 4.93. The average Bonchev–Trinajstić information content (AvgIpc) is 3.32. The number of rotatable bonds is 6. The van der Waals surface area contributed by atoms with Crippen molar-refractivity contribution < 1.29 is 23.9 Å². The van der Waals surface area contributed by atoms with Crippen molar-refractivity contribution in [3.8, 4) is 0 Å². The second-order valence-electron chi connectivity index (χ2n) is 7.07. The van der Waals surface area contributed by atoms with Crippen LogP contribution in [0.1, 0.15) is 29.5 Å². The smallest absolute Gasteiger partial charge is 0.311 e. The van der Waals surface area contributed by atoms with Crippen molar-refractivity contribution in [1.29, 1.82) is 0 Å². The van der Waals surface area contributed by atoms with Gasteiger partial charge in [-0.25, -0.2) is 0 Å². The highest BCUT2D eigenvalue weighted by Crippen LogP contribution is 2.30. The van der Waals surface area contributed by atoms with Crippen LogP contribution in [0.4, 0.5) is 0 Å². The predicted molar refractivity (Wildman–Crippen MR) is 97.0 cm³/mol. The molecule has 1 saturated heterocycles. The molecule has 2 aromatic rings. The number of nitrogens with zero attached hydrogens (tertiary/aromatic N) is 1. The molecule has 1 aliphatic heterocycles. The van der Waals surface area contributed by atoms with Gasteiger partial charge in [0.05, 0.1) is 11.7 Å². The second kappa shape index (κ2) is 7.65. The van der Waals surface area contributed by atoms with Crippen LogP contribution in [0.15, 0.2) is 53.1 Å². The molecule has 2 amide bonds. The molecule has 0 aliphatic carbocycles. The fourth-order valence-corrected chi connectivity index (χ4v) is 3.23. The Bertz CT molecular complexity index is 818. The largest absolute Gasteiger partial charge is 0.481 e. The number of amides is 2. The lowest BCUT2D eigenvalue weighted by Gasteiger charge is -2.25. The first-order valence-electron chi connectivity index (χ1n) is 8.79. The van der Waals surface area contributed by atoms with Gasteiger partial charge in [-0.05, 0) is 31.0 Å². The highest BCUT2D eigenvalue weighted by Gasteiger charge is 2.43. The van der Waals surface area contributed by atoms with Crippen molar-refractivity contribution in [2.45, 2.75) is 25.8 Å². The molecule has 2 unspecified atom stereocenters. The van der Waals surface area contributed by atoms with Crippen LogP contribution in [0.2, 0.25) is 0 Å². The number of carbonyl (C=O) groups is 3. The number of carboxylic acids is 1. The molecule has 2 atom stereocenters. The van der Waals surface area contributed by atoms with E-state index in [1.54, 1.807) is 13.0 Å². The van der Waals surface area contributed by atoms with Crippen LogP contribution in [0.3, 0.4) is 0 Å². The maximum absolute atomic E-state index is 13.1. The Morgan fingerprint density at radius 1 is 1.22 bits per heavy atom. The molecule has 0 spiro atoms. The van der Waals surface area contributed by atoms with Crippen molar-refractivity contribution in [2.75, 3.05) is 13.1 Å². The summed E-state index contributed by atoms with van der Waals surface area (Å²) in [6.45, 7) is 2.11. The summed E-state index contributed by atoms with van der Waals surface area (Å²) in [5.41, 5.74) is -0.0615. The van der Waals surface area contributed by atoms with E-state index in [0.29, 0.717) is 19.4 Å². The number of furan rings is 1. The van der Waals surface area contributed by atoms with Gasteiger partial charge in [0, 0.05) is 19.5 Å². The van der Waals surface area contributed by atoms with E-state index in [0.717, 1.165) is 5.56 Å². The van der Waals surface area contributed by atoms with E-state index < -0.39 is 23.3 Å². The first kappa shape index (κ1) is 18.7. The Kier molecular flexibility index (Phi) is 5.30. The zero-order valence-corrected chi connectivity index (χ0v) is 15.1. The third-order valence-corrected chi connectivity index (χ3v) is 4.93. The molecule has 0 bridgehead atoms. The van der Waals surface area contributed by atoms with Crippen LogP contribution < -0.4 is 5.32 Å². The van der Waals surface area contributed by atoms with Crippen molar-refractivity contribution in [3.05, 3.63) is 60.1 Å². The minimum atomic E-state index is -0.960. The highest BCUT2D eigenvalue weighted by molar-refractivity contribution is 5.95. The van der Waals surface area contributed by atoms with Crippen molar-refractivity contribution in [2.24, 2.45) is 5.41 Å². The molecule has 1 aliphatic rings. The summed E-state index contributed by atoms with van der Waals surface area (Å²) in [6.07, 6.45) is 2.09. The first-order chi connectivity index (χ1) is 12.9. The lowest BCUT2D eigenvalue weighted by Crippen LogP contribution is -2.49. The van der Waals surface area contributed by atoms with E-state index in [1.165, 1.54) is 17.2 Å².